The Hall–Kier alpha value is -1.60. The summed E-state index contributed by atoms with van der Waals surface area (Å²) in [5.41, 5.74) is 10.2. The lowest BCUT2D eigenvalue weighted by Crippen LogP contribution is -2.16. The Labute approximate surface area is 198 Å². The summed E-state index contributed by atoms with van der Waals surface area (Å²) < 4.78 is 0. The molecule has 178 valence electrons. The van der Waals surface area contributed by atoms with E-state index in [1.165, 1.54) is 33.4 Å². The minimum Gasteiger partial charge on any atom is -0.384 e. The molecular formula is C31H48O. The molecule has 0 bridgehead atoms. The molecule has 0 heterocycles. The lowest BCUT2D eigenvalue weighted by molar-refractivity contribution is 0.214. The standard InChI is InChI=1S/C31H48O/c1-17(2)23-13-25(19(5)6)29(26(14-23)20(7)8)31(32)30-27(21(9)10)15-24(18(3)4)16-28(30)22(11)12/h13-22,31-32H,1-12H3. The van der Waals surface area contributed by atoms with Crippen LogP contribution in [0.3, 0.4) is 0 Å². The summed E-state index contributed by atoms with van der Waals surface area (Å²) in [6.45, 7) is 27.1. The van der Waals surface area contributed by atoms with Crippen molar-refractivity contribution < 1.29 is 5.11 Å². The third-order valence-corrected chi connectivity index (χ3v) is 6.90. The first-order valence-electron chi connectivity index (χ1n) is 12.8. The summed E-state index contributed by atoms with van der Waals surface area (Å²) in [6.07, 6.45) is -0.609. The normalized spacial score (nSPS) is 12.6. The molecule has 0 aliphatic carbocycles. The van der Waals surface area contributed by atoms with Crippen molar-refractivity contribution in [1.82, 2.24) is 0 Å². The van der Waals surface area contributed by atoms with E-state index in [9.17, 15) is 5.11 Å². The second kappa shape index (κ2) is 10.6. The fourth-order valence-electron chi connectivity index (χ4n) is 4.80. The van der Waals surface area contributed by atoms with Gasteiger partial charge in [-0.1, -0.05) is 107 Å². The molecule has 2 rings (SSSR count). The summed E-state index contributed by atoms with van der Waals surface area (Å²) in [5, 5.41) is 12.2. The van der Waals surface area contributed by atoms with Gasteiger partial charge in [0, 0.05) is 0 Å². The van der Waals surface area contributed by atoms with Gasteiger partial charge in [0.2, 0.25) is 0 Å². The molecule has 0 aliphatic rings. The number of aliphatic hydroxyl groups is 1. The van der Waals surface area contributed by atoms with Gasteiger partial charge in [0.15, 0.2) is 0 Å². The second-order valence-electron chi connectivity index (χ2n) is 11.6. The SMILES string of the molecule is CC(C)c1cc(C(C)C)c(C(O)c2c(C(C)C)cc(C(C)C)cc2C(C)C)c(C(C)C)c1. The number of benzene rings is 2. The third-order valence-electron chi connectivity index (χ3n) is 6.90. The molecule has 0 unspecified atom stereocenters. The molecule has 0 aromatic heterocycles. The van der Waals surface area contributed by atoms with Crippen molar-refractivity contribution in [3.8, 4) is 0 Å². The molecule has 0 aliphatic heterocycles. The topological polar surface area (TPSA) is 20.2 Å². The molecule has 1 heteroatoms. The summed E-state index contributed by atoms with van der Waals surface area (Å²) in [7, 11) is 0. The van der Waals surface area contributed by atoms with E-state index in [4.69, 9.17) is 0 Å². The van der Waals surface area contributed by atoms with Gasteiger partial charge in [0.25, 0.3) is 0 Å². The average Bonchev–Trinajstić information content (AvgIpc) is 2.70. The Morgan fingerprint density at radius 2 is 0.625 bits per heavy atom. The fourth-order valence-corrected chi connectivity index (χ4v) is 4.80. The molecule has 0 saturated carbocycles. The smallest absolute Gasteiger partial charge is 0.105 e. The highest BCUT2D eigenvalue weighted by molar-refractivity contribution is 5.53. The zero-order valence-corrected chi connectivity index (χ0v) is 22.8. The first kappa shape index (κ1) is 26.7. The molecule has 1 nitrogen and oxygen atoms in total. The van der Waals surface area contributed by atoms with Crippen molar-refractivity contribution in [2.24, 2.45) is 0 Å². The van der Waals surface area contributed by atoms with E-state index in [2.05, 4.69) is 107 Å². The molecule has 2 aromatic carbocycles. The zero-order valence-electron chi connectivity index (χ0n) is 22.8. The Bertz CT molecular complexity index is 779. The highest BCUT2D eigenvalue weighted by Gasteiger charge is 2.29. The molecular weight excluding hydrogens is 388 g/mol. The van der Waals surface area contributed by atoms with Crippen molar-refractivity contribution in [3.63, 3.8) is 0 Å². The molecule has 0 spiro atoms. The number of hydrogen-bond donors (Lipinski definition) is 1. The van der Waals surface area contributed by atoms with Gasteiger partial charge in [-0.2, -0.15) is 0 Å². The Morgan fingerprint density at radius 3 is 0.781 bits per heavy atom. The van der Waals surface area contributed by atoms with Crippen LogP contribution in [0.2, 0.25) is 0 Å². The van der Waals surface area contributed by atoms with Crippen molar-refractivity contribution in [2.75, 3.05) is 0 Å². The van der Waals surface area contributed by atoms with E-state index >= 15 is 0 Å². The van der Waals surface area contributed by atoms with Crippen LogP contribution < -0.4 is 0 Å². The fraction of sp³-hybridized carbons (Fsp3) is 0.613. The first-order chi connectivity index (χ1) is 14.8. The van der Waals surface area contributed by atoms with E-state index in [-0.39, 0.29) is 0 Å². The number of hydrogen-bond acceptors (Lipinski definition) is 1. The molecule has 2 aromatic rings. The minimum atomic E-state index is -0.609. The maximum absolute atomic E-state index is 12.2. The minimum absolute atomic E-state index is 0.357. The second-order valence-corrected chi connectivity index (χ2v) is 11.6. The van der Waals surface area contributed by atoms with Crippen LogP contribution >= 0.6 is 0 Å². The summed E-state index contributed by atoms with van der Waals surface area (Å²) in [6, 6.07) is 9.41. The third kappa shape index (κ3) is 5.48. The van der Waals surface area contributed by atoms with Crippen LogP contribution in [-0.2, 0) is 0 Å². The predicted molar refractivity (Wildman–Crippen MR) is 141 cm³/mol. The molecule has 0 radical (unpaired) electrons. The van der Waals surface area contributed by atoms with E-state index in [0.717, 1.165) is 11.1 Å². The Balaban J connectivity index is 2.94. The van der Waals surface area contributed by atoms with Gasteiger partial charge in [-0.25, -0.2) is 0 Å². The van der Waals surface area contributed by atoms with Gasteiger partial charge >= 0.3 is 0 Å². The van der Waals surface area contributed by atoms with E-state index in [1.807, 2.05) is 0 Å². The lowest BCUT2D eigenvalue weighted by Gasteiger charge is -2.31. The quantitative estimate of drug-likeness (QED) is 0.437. The number of rotatable bonds is 8. The maximum atomic E-state index is 12.2. The lowest BCUT2D eigenvalue weighted by atomic mass is 9.76. The Morgan fingerprint density at radius 1 is 0.406 bits per heavy atom. The van der Waals surface area contributed by atoms with Crippen molar-refractivity contribution in [2.45, 2.75) is 125 Å². The molecule has 0 atom stereocenters. The first-order valence-corrected chi connectivity index (χ1v) is 12.8. The van der Waals surface area contributed by atoms with Crippen LogP contribution in [0.15, 0.2) is 24.3 Å². The summed E-state index contributed by atoms with van der Waals surface area (Å²) in [4.78, 5) is 0. The zero-order chi connectivity index (χ0) is 24.5. The van der Waals surface area contributed by atoms with Crippen molar-refractivity contribution in [1.29, 1.82) is 0 Å². The van der Waals surface area contributed by atoms with Crippen LogP contribution in [-0.4, -0.2) is 5.11 Å². The molecule has 0 fully saturated rings. The van der Waals surface area contributed by atoms with Crippen LogP contribution in [0, 0.1) is 0 Å². The van der Waals surface area contributed by atoms with Gasteiger partial charge in [-0.15, -0.1) is 0 Å². The predicted octanol–water partition coefficient (Wildman–Crippen LogP) is 9.51. The van der Waals surface area contributed by atoms with Crippen LogP contribution in [0.5, 0.6) is 0 Å². The molecule has 0 saturated heterocycles. The van der Waals surface area contributed by atoms with Gasteiger partial charge in [-0.05, 0) is 80.0 Å². The van der Waals surface area contributed by atoms with Gasteiger partial charge < -0.3 is 5.11 Å². The van der Waals surface area contributed by atoms with Gasteiger partial charge in [0.05, 0.1) is 0 Å². The maximum Gasteiger partial charge on any atom is 0.105 e. The van der Waals surface area contributed by atoms with Gasteiger partial charge in [-0.3, -0.25) is 0 Å². The van der Waals surface area contributed by atoms with Crippen molar-refractivity contribution in [3.05, 3.63) is 68.8 Å². The largest absolute Gasteiger partial charge is 0.384 e. The van der Waals surface area contributed by atoms with E-state index in [0.29, 0.717) is 35.5 Å². The highest BCUT2D eigenvalue weighted by atomic mass is 16.3. The van der Waals surface area contributed by atoms with Gasteiger partial charge in [0.1, 0.15) is 6.10 Å². The molecule has 0 amide bonds. The van der Waals surface area contributed by atoms with Crippen LogP contribution in [0.4, 0.5) is 0 Å². The summed E-state index contributed by atoms with van der Waals surface area (Å²) in [5.74, 6) is 2.37. The van der Waals surface area contributed by atoms with Crippen molar-refractivity contribution >= 4 is 0 Å². The average molecular weight is 437 g/mol. The summed E-state index contributed by atoms with van der Waals surface area (Å²) >= 11 is 0. The van der Waals surface area contributed by atoms with E-state index in [1.54, 1.807) is 0 Å². The molecule has 1 N–H and O–H groups in total. The molecule has 32 heavy (non-hydrogen) atoms. The van der Waals surface area contributed by atoms with E-state index < -0.39 is 6.10 Å². The highest BCUT2D eigenvalue weighted by Crippen LogP contribution is 2.43. The number of aliphatic hydroxyl groups excluding tert-OH is 1. The van der Waals surface area contributed by atoms with Crippen LogP contribution in [0.25, 0.3) is 0 Å². The van der Waals surface area contributed by atoms with Crippen LogP contribution in [0.1, 0.15) is 169 Å². The monoisotopic (exact) mass is 436 g/mol. The Kier molecular flexibility index (Phi) is 8.79.